The van der Waals surface area contributed by atoms with Gasteiger partial charge >= 0.3 is 0 Å². The molecule has 0 fully saturated rings. The third-order valence-electron chi connectivity index (χ3n) is 4.58. The molecule has 0 amide bonds. The van der Waals surface area contributed by atoms with Crippen LogP contribution in [0, 0.1) is 17.8 Å². The standard InChI is InChI=1S/C20H40O.C2H4O2/c1-17(2)9-6-10-18(3)11-7-12-19(4)13-8-14-20(5)15-16-21;1-2(3)4/h15,17-19,21H,6-14,16H2,1-5H3;1H3,(H,3,4)/t18-,19-;/m1./s1. The Morgan fingerprint density at radius 3 is 1.64 bits per heavy atom. The van der Waals surface area contributed by atoms with Crippen LogP contribution in [-0.2, 0) is 4.79 Å². The maximum atomic E-state index is 9.00. The van der Waals surface area contributed by atoms with E-state index in [-0.39, 0.29) is 6.61 Å². The Morgan fingerprint density at radius 2 is 1.24 bits per heavy atom. The number of rotatable bonds is 13. The van der Waals surface area contributed by atoms with Gasteiger partial charge in [0.2, 0.25) is 0 Å². The van der Waals surface area contributed by atoms with Gasteiger partial charge in [-0.15, -0.1) is 0 Å². The van der Waals surface area contributed by atoms with Crippen LogP contribution in [0.3, 0.4) is 0 Å². The largest absolute Gasteiger partial charge is 0.481 e. The van der Waals surface area contributed by atoms with Crippen LogP contribution in [0.5, 0.6) is 0 Å². The molecule has 0 aliphatic heterocycles. The number of carboxylic acid groups (broad SMARTS) is 1. The molecule has 0 aliphatic carbocycles. The zero-order valence-electron chi connectivity index (χ0n) is 17.7. The van der Waals surface area contributed by atoms with Crippen LogP contribution in [0.25, 0.3) is 0 Å². The van der Waals surface area contributed by atoms with Crippen molar-refractivity contribution in [1.82, 2.24) is 0 Å². The Bertz CT molecular complexity index is 330. The summed E-state index contributed by atoms with van der Waals surface area (Å²) in [4.78, 5) is 9.00. The summed E-state index contributed by atoms with van der Waals surface area (Å²) in [6.45, 7) is 12.9. The Kier molecular flexibility index (Phi) is 19.0. The Balaban J connectivity index is 0. The average Bonchev–Trinajstić information content (AvgIpc) is 2.46. The van der Waals surface area contributed by atoms with E-state index >= 15 is 0 Å². The number of carboxylic acids is 1. The van der Waals surface area contributed by atoms with E-state index in [0.29, 0.717) is 0 Å². The molecule has 0 rings (SSSR count). The van der Waals surface area contributed by atoms with Crippen LogP contribution in [0.1, 0.15) is 99.3 Å². The minimum atomic E-state index is -0.833. The molecule has 0 aromatic carbocycles. The number of aliphatic hydroxyl groups is 1. The van der Waals surface area contributed by atoms with Gasteiger partial charge < -0.3 is 10.2 Å². The quantitative estimate of drug-likeness (QED) is 0.372. The van der Waals surface area contributed by atoms with Crippen LogP contribution in [-0.4, -0.2) is 22.8 Å². The van der Waals surface area contributed by atoms with Gasteiger partial charge in [-0.05, 0) is 37.5 Å². The van der Waals surface area contributed by atoms with E-state index in [1.54, 1.807) is 0 Å². The SMILES string of the molecule is CC(=CCO)CCC[C@H](C)CCC[C@H](C)CCCC(C)C.CC(=O)O. The van der Waals surface area contributed by atoms with E-state index in [1.165, 1.54) is 56.9 Å². The molecule has 0 aromatic heterocycles. The van der Waals surface area contributed by atoms with Crippen molar-refractivity contribution < 1.29 is 15.0 Å². The Hall–Kier alpha value is -0.830. The molecular formula is C22H44O3. The summed E-state index contributed by atoms with van der Waals surface area (Å²) in [5.74, 6) is 1.79. The van der Waals surface area contributed by atoms with Crippen LogP contribution in [0.2, 0.25) is 0 Å². The van der Waals surface area contributed by atoms with Crippen molar-refractivity contribution in [3.05, 3.63) is 11.6 Å². The van der Waals surface area contributed by atoms with Crippen molar-refractivity contribution in [3.63, 3.8) is 0 Å². The number of allylic oxidation sites excluding steroid dienone is 1. The second-order valence-corrected chi connectivity index (χ2v) is 8.11. The first-order valence-corrected chi connectivity index (χ1v) is 10.1. The van der Waals surface area contributed by atoms with Gasteiger partial charge in [-0.25, -0.2) is 0 Å². The smallest absolute Gasteiger partial charge is 0.300 e. The highest BCUT2D eigenvalue weighted by Gasteiger charge is 2.06. The maximum absolute atomic E-state index is 9.00. The highest BCUT2D eigenvalue weighted by molar-refractivity contribution is 5.62. The Labute approximate surface area is 156 Å². The third-order valence-corrected chi connectivity index (χ3v) is 4.58. The summed E-state index contributed by atoms with van der Waals surface area (Å²) in [7, 11) is 0. The molecule has 3 nitrogen and oxygen atoms in total. The predicted octanol–water partition coefficient (Wildman–Crippen LogP) is 6.46. The second-order valence-electron chi connectivity index (χ2n) is 8.11. The number of hydrogen-bond donors (Lipinski definition) is 2. The van der Waals surface area contributed by atoms with Gasteiger partial charge in [0.1, 0.15) is 0 Å². The van der Waals surface area contributed by atoms with Crippen molar-refractivity contribution in [3.8, 4) is 0 Å². The molecule has 2 atom stereocenters. The molecule has 3 heteroatoms. The lowest BCUT2D eigenvalue weighted by Crippen LogP contribution is -2.00. The van der Waals surface area contributed by atoms with Crippen LogP contribution in [0.15, 0.2) is 11.6 Å². The molecule has 0 saturated heterocycles. The summed E-state index contributed by atoms with van der Waals surface area (Å²) in [6, 6.07) is 0. The zero-order valence-corrected chi connectivity index (χ0v) is 17.7. The second kappa shape index (κ2) is 18.0. The predicted molar refractivity (Wildman–Crippen MR) is 109 cm³/mol. The molecule has 0 saturated carbocycles. The lowest BCUT2D eigenvalue weighted by Gasteiger charge is -2.15. The monoisotopic (exact) mass is 356 g/mol. The first kappa shape index (κ1) is 26.4. The molecule has 0 radical (unpaired) electrons. The Morgan fingerprint density at radius 1 is 0.840 bits per heavy atom. The molecule has 0 heterocycles. The van der Waals surface area contributed by atoms with Gasteiger partial charge in [0, 0.05) is 6.92 Å². The van der Waals surface area contributed by atoms with Crippen molar-refractivity contribution in [2.24, 2.45) is 17.8 Å². The van der Waals surface area contributed by atoms with E-state index in [0.717, 1.165) is 31.1 Å². The summed E-state index contributed by atoms with van der Waals surface area (Å²) < 4.78 is 0. The minimum Gasteiger partial charge on any atom is -0.481 e. The van der Waals surface area contributed by atoms with E-state index in [2.05, 4.69) is 34.6 Å². The molecule has 150 valence electrons. The first-order chi connectivity index (χ1) is 11.7. The van der Waals surface area contributed by atoms with Crippen molar-refractivity contribution in [2.45, 2.75) is 99.3 Å². The lowest BCUT2D eigenvalue weighted by atomic mass is 9.91. The number of hydrogen-bond acceptors (Lipinski definition) is 2. The molecular weight excluding hydrogens is 312 g/mol. The molecule has 25 heavy (non-hydrogen) atoms. The fourth-order valence-electron chi connectivity index (χ4n) is 2.97. The van der Waals surface area contributed by atoms with E-state index in [9.17, 15) is 0 Å². The minimum absolute atomic E-state index is 0.191. The molecule has 0 spiro atoms. The molecule has 0 aliphatic rings. The van der Waals surface area contributed by atoms with E-state index < -0.39 is 5.97 Å². The van der Waals surface area contributed by atoms with Gasteiger partial charge in [0.15, 0.2) is 0 Å². The van der Waals surface area contributed by atoms with Crippen LogP contribution >= 0.6 is 0 Å². The average molecular weight is 357 g/mol. The molecule has 2 N–H and O–H groups in total. The van der Waals surface area contributed by atoms with Gasteiger partial charge in [-0.2, -0.15) is 0 Å². The highest BCUT2D eigenvalue weighted by Crippen LogP contribution is 2.21. The van der Waals surface area contributed by atoms with Crippen molar-refractivity contribution in [2.75, 3.05) is 6.61 Å². The topological polar surface area (TPSA) is 57.5 Å². The van der Waals surface area contributed by atoms with E-state index in [1.807, 2.05) is 6.08 Å². The summed E-state index contributed by atoms with van der Waals surface area (Å²) in [6.07, 6.45) is 14.1. The molecule has 0 aromatic rings. The van der Waals surface area contributed by atoms with Crippen LogP contribution in [0.4, 0.5) is 0 Å². The van der Waals surface area contributed by atoms with Crippen LogP contribution < -0.4 is 0 Å². The third kappa shape index (κ3) is 25.5. The maximum Gasteiger partial charge on any atom is 0.300 e. The first-order valence-electron chi connectivity index (χ1n) is 10.1. The molecule has 0 unspecified atom stereocenters. The van der Waals surface area contributed by atoms with E-state index in [4.69, 9.17) is 15.0 Å². The highest BCUT2D eigenvalue weighted by atomic mass is 16.4. The summed E-state index contributed by atoms with van der Waals surface area (Å²) in [5.41, 5.74) is 1.34. The van der Waals surface area contributed by atoms with Gasteiger partial charge in [0.25, 0.3) is 5.97 Å². The van der Waals surface area contributed by atoms with Crippen molar-refractivity contribution in [1.29, 1.82) is 0 Å². The number of carbonyl (C=O) groups is 1. The van der Waals surface area contributed by atoms with Crippen molar-refractivity contribution >= 4 is 5.97 Å². The normalized spacial score (nSPS) is 14.0. The number of aliphatic hydroxyl groups excluding tert-OH is 1. The lowest BCUT2D eigenvalue weighted by molar-refractivity contribution is -0.134. The summed E-state index contributed by atoms with van der Waals surface area (Å²) >= 11 is 0. The summed E-state index contributed by atoms with van der Waals surface area (Å²) in [5, 5.41) is 16.2. The van der Waals surface area contributed by atoms with Gasteiger partial charge in [-0.3, -0.25) is 4.79 Å². The zero-order chi connectivity index (χ0) is 19.7. The molecule has 0 bridgehead atoms. The number of aliphatic carboxylic acids is 1. The fourth-order valence-corrected chi connectivity index (χ4v) is 2.97. The van der Waals surface area contributed by atoms with Gasteiger partial charge in [0.05, 0.1) is 6.61 Å². The fraction of sp³-hybridized carbons (Fsp3) is 0.864. The van der Waals surface area contributed by atoms with Gasteiger partial charge in [-0.1, -0.05) is 84.3 Å².